The topological polar surface area (TPSA) is 237 Å². The van der Waals surface area contributed by atoms with Crippen LogP contribution in [-0.4, -0.2) is 96.7 Å². The third-order valence-electron chi connectivity index (χ3n) is 17.0. The van der Waals surface area contributed by atoms with Gasteiger partial charge in [0.15, 0.2) is 12.2 Å². The van der Waals surface area contributed by atoms with E-state index in [0.29, 0.717) is 25.7 Å². The zero-order valence-electron chi connectivity index (χ0n) is 64.5. The zero-order chi connectivity index (χ0) is 74.6. The van der Waals surface area contributed by atoms with Crippen LogP contribution in [0.1, 0.15) is 349 Å². The van der Waals surface area contributed by atoms with Crippen LogP contribution in [0, 0.1) is 0 Å². The fraction of sp³-hybridized carbons (Fsp3) is 0.759. The maximum absolute atomic E-state index is 13.1. The predicted molar refractivity (Wildman–Crippen MR) is 418 cm³/mol. The number of allylic oxidation sites excluding steroid dienone is 16. The molecule has 102 heavy (non-hydrogen) atoms. The van der Waals surface area contributed by atoms with Crippen molar-refractivity contribution in [1.29, 1.82) is 0 Å². The summed E-state index contributed by atoms with van der Waals surface area (Å²) < 4.78 is 68.6. The molecule has 0 aromatic heterocycles. The highest BCUT2D eigenvalue weighted by Gasteiger charge is 2.30. The molecule has 0 aromatic carbocycles. The van der Waals surface area contributed by atoms with Crippen molar-refractivity contribution in [3.63, 3.8) is 0 Å². The molecule has 590 valence electrons. The lowest BCUT2D eigenvalue weighted by atomic mass is 10.1. The van der Waals surface area contributed by atoms with E-state index in [1.807, 2.05) is 0 Å². The van der Waals surface area contributed by atoms with Gasteiger partial charge in [-0.05, 0) is 148 Å². The van der Waals surface area contributed by atoms with Crippen molar-refractivity contribution in [3.05, 3.63) is 97.2 Å². The lowest BCUT2D eigenvalue weighted by Gasteiger charge is -2.21. The van der Waals surface area contributed by atoms with Crippen LogP contribution in [0.25, 0.3) is 0 Å². The summed E-state index contributed by atoms with van der Waals surface area (Å²) in [5.74, 6) is -2.22. The van der Waals surface area contributed by atoms with Gasteiger partial charge in [-0.1, -0.05) is 273 Å². The molecule has 0 amide bonds. The number of phosphoric acid groups is 2. The largest absolute Gasteiger partial charge is 0.472 e. The summed E-state index contributed by atoms with van der Waals surface area (Å²) in [4.78, 5) is 73.0. The Morgan fingerprint density at radius 3 is 0.814 bits per heavy atom. The summed E-state index contributed by atoms with van der Waals surface area (Å²) in [5.41, 5.74) is 0. The second-order valence-electron chi connectivity index (χ2n) is 27.0. The summed E-state index contributed by atoms with van der Waals surface area (Å²) in [5, 5.41) is 10.6. The molecule has 19 heteroatoms. The van der Waals surface area contributed by atoms with Crippen LogP contribution in [0.15, 0.2) is 97.2 Å². The molecule has 0 saturated heterocycles. The molecule has 0 aromatic rings. The summed E-state index contributed by atoms with van der Waals surface area (Å²) in [6, 6.07) is 0. The zero-order valence-corrected chi connectivity index (χ0v) is 66.3. The van der Waals surface area contributed by atoms with E-state index in [0.717, 1.165) is 167 Å². The first-order valence-corrected chi connectivity index (χ1v) is 43.5. The molecule has 5 atom stereocenters. The van der Waals surface area contributed by atoms with Crippen molar-refractivity contribution < 1.29 is 80.2 Å². The predicted octanol–water partition coefficient (Wildman–Crippen LogP) is 23.6. The lowest BCUT2D eigenvalue weighted by Crippen LogP contribution is -2.30. The number of unbranched alkanes of at least 4 members (excludes halogenated alkanes) is 34. The van der Waals surface area contributed by atoms with Gasteiger partial charge in [0.05, 0.1) is 26.4 Å². The second kappa shape index (κ2) is 75.2. The van der Waals surface area contributed by atoms with Crippen LogP contribution >= 0.6 is 15.6 Å². The fourth-order valence-corrected chi connectivity index (χ4v) is 12.4. The smallest absolute Gasteiger partial charge is 0.462 e. The van der Waals surface area contributed by atoms with E-state index in [1.165, 1.54) is 103 Å². The monoisotopic (exact) mass is 1480 g/mol. The van der Waals surface area contributed by atoms with Crippen molar-refractivity contribution >= 4 is 39.5 Å². The summed E-state index contributed by atoms with van der Waals surface area (Å²) >= 11 is 0. The maximum atomic E-state index is 13.1. The number of carbonyl (C=O) groups is 4. The molecule has 3 N–H and O–H groups in total. The van der Waals surface area contributed by atoms with Gasteiger partial charge < -0.3 is 33.8 Å². The van der Waals surface area contributed by atoms with Gasteiger partial charge in [0.1, 0.15) is 19.3 Å². The number of hydrogen-bond acceptors (Lipinski definition) is 15. The minimum absolute atomic E-state index is 0.0550. The van der Waals surface area contributed by atoms with E-state index in [1.54, 1.807) is 0 Å². The minimum Gasteiger partial charge on any atom is -0.462 e. The number of esters is 4. The molecule has 0 saturated carbocycles. The summed E-state index contributed by atoms with van der Waals surface area (Å²) in [6.07, 6.45) is 79.5. The van der Waals surface area contributed by atoms with Gasteiger partial charge in [-0.3, -0.25) is 37.3 Å². The van der Waals surface area contributed by atoms with Crippen molar-refractivity contribution in [2.45, 2.75) is 367 Å². The highest BCUT2D eigenvalue weighted by molar-refractivity contribution is 7.47. The Bertz CT molecular complexity index is 2310. The number of aliphatic hydroxyl groups excluding tert-OH is 1. The first kappa shape index (κ1) is 98.0. The van der Waals surface area contributed by atoms with Gasteiger partial charge >= 0.3 is 39.5 Å². The Hall–Kier alpha value is -4.02. The Morgan fingerprint density at radius 2 is 0.510 bits per heavy atom. The average Bonchev–Trinajstić information content (AvgIpc) is 0.908. The molecule has 2 unspecified atom stereocenters. The molecule has 0 aliphatic heterocycles. The van der Waals surface area contributed by atoms with Gasteiger partial charge in [0.2, 0.25) is 0 Å². The number of rotatable bonds is 76. The maximum Gasteiger partial charge on any atom is 0.472 e. The van der Waals surface area contributed by atoms with Crippen LogP contribution in [0.5, 0.6) is 0 Å². The highest BCUT2D eigenvalue weighted by Crippen LogP contribution is 2.45. The molecule has 0 aliphatic carbocycles. The number of phosphoric ester groups is 2. The molecule has 17 nitrogen and oxygen atoms in total. The van der Waals surface area contributed by atoms with Gasteiger partial charge in [-0.2, -0.15) is 0 Å². The molecular weight excluding hydrogens is 1330 g/mol. The molecule has 0 rings (SSSR count). The minimum atomic E-state index is -4.99. The first-order valence-electron chi connectivity index (χ1n) is 40.5. The van der Waals surface area contributed by atoms with Crippen LogP contribution in [-0.2, 0) is 65.4 Å². The van der Waals surface area contributed by atoms with E-state index in [2.05, 4.69) is 125 Å². The van der Waals surface area contributed by atoms with E-state index in [4.69, 9.17) is 37.0 Å². The SMILES string of the molecule is CC/C=C\C/C=C\C/C=C\C/C=C\C/C=C\CCCCCC(=O)O[C@H](COC(=O)CCCCCCCCC/C=C\CCCCCC)COP(=O)(O)OC[C@H](O)COP(=O)(O)OC[C@@H](COC(=O)CCCCCCC/C=C\CCCCCCCC)OC(=O)CCCCCCC/C=C\CCCCCC. The van der Waals surface area contributed by atoms with Gasteiger partial charge in [0, 0.05) is 25.7 Å². The highest BCUT2D eigenvalue weighted by atomic mass is 31.2. The lowest BCUT2D eigenvalue weighted by molar-refractivity contribution is -0.161. The molecule has 0 spiro atoms. The molecule has 0 aliphatic rings. The molecule has 0 fully saturated rings. The average molecular weight is 1480 g/mol. The van der Waals surface area contributed by atoms with Crippen molar-refractivity contribution in [3.8, 4) is 0 Å². The van der Waals surface area contributed by atoms with Crippen LogP contribution < -0.4 is 0 Å². The van der Waals surface area contributed by atoms with Crippen molar-refractivity contribution in [2.75, 3.05) is 39.6 Å². The quantitative estimate of drug-likeness (QED) is 0.0169. The van der Waals surface area contributed by atoms with Crippen molar-refractivity contribution in [2.24, 2.45) is 0 Å². The number of ether oxygens (including phenoxy) is 4. The van der Waals surface area contributed by atoms with E-state index >= 15 is 0 Å². The number of aliphatic hydroxyl groups is 1. The molecule has 0 bridgehead atoms. The van der Waals surface area contributed by atoms with E-state index in [9.17, 15) is 43.2 Å². The van der Waals surface area contributed by atoms with Gasteiger partial charge in [-0.15, -0.1) is 0 Å². The first-order chi connectivity index (χ1) is 49.7. The Labute approximate surface area is 620 Å². The standard InChI is InChI=1S/C83H146O17P2/c1-5-9-13-17-21-25-29-33-36-37-38-39-42-46-50-54-58-62-66-70-83(88)100-79(74-94-81(86)68-64-60-56-52-48-45-41-35-31-27-23-19-15-11-7-3)76-98-102(91,92)96-72-77(84)71-95-101(89,90)97-75-78(99-82(87)69-65-61-57-53-49-43-32-28-24-20-16-12-8-4)73-93-80(85)67-63-59-55-51-47-44-40-34-30-26-22-18-14-10-6-2/h9,13,21,25,27-28,31-34,36,38-40,46,50,77-79,84H,5-8,10-12,14-20,22-24,26,29-30,35,37,41-45,47-49,51-76H2,1-4H3,(H,89,90)(H,91,92)/b13-9-,25-21-,31-27-,32-28-,36-33-,39-38-,40-34-,50-46-/t77-,78-,79-/m1/s1. The van der Waals surface area contributed by atoms with Crippen LogP contribution in [0.3, 0.4) is 0 Å². The van der Waals surface area contributed by atoms with Crippen LogP contribution in [0.2, 0.25) is 0 Å². The summed E-state index contributed by atoms with van der Waals surface area (Å²) in [6.45, 7) is 4.71. The molecule has 0 radical (unpaired) electrons. The Morgan fingerprint density at radius 1 is 0.284 bits per heavy atom. The molecule has 0 heterocycles. The Balaban J connectivity index is 5.39. The normalized spacial score (nSPS) is 14.4. The van der Waals surface area contributed by atoms with E-state index in [-0.39, 0.29) is 25.7 Å². The third kappa shape index (κ3) is 74.3. The van der Waals surface area contributed by atoms with Gasteiger partial charge in [0.25, 0.3) is 0 Å². The third-order valence-corrected chi connectivity index (χ3v) is 18.9. The van der Waals surface area contributed by atoms with E-state index < -0.39 is 97.5 Å². The van der Waals surface area contributed by atoms with Crippen molar-refractivity contribution in [1.82, 2.24) is 0 Å². The van der Waals surface area contributed by atoms with Crippen LogP contribution in [0.4, 0.5) is 0 Å². The fourth-order valence-electron chi connectivity index (χ4n) is 10.8. The number of carbonyl (C=O) groups excluding carboxylic acids is 4. The molecular formula is C83H146O17P2. The summed E-state index contributed by atoms with van der Waals surface area (Å²) in [7, 11) is -9.97. The Kier molecular flexibility index (Phi) is 72.3. The second-order valence-corrected chi connectivity index (χ2v) is 29.9. The van der Waals surface area contributed by atoms with Gasteiger partial charge in [-0.25, -0.2) is 9.13 Å². The number of hydrogen-bond donors (Lipinski definition) is 3.